The minimum Gasteiger partial charge on any atom is -0.482 e. The SMILES string of the molecule is O=C(Nc1ccc2[nH]ccc2c1)c1cc(=O)c(OCc2ccc(Cl)cc2)co1. The van der Waals surface area contributed by atoms with Gasteiger partial charge in [-0.25, -0.2) is 0 Å². The zero-order valence-corrected chi connectivity index (χ0v) is 15.3. The highest BCUT2D eigenvalue weighted by Gasteiger charge is 2.13. The van der Waals surface area contributed by atoms with Crippen molar-refractivity contribution in [2.45, 2.75) is 6.61 Å². The number of rotatable bonds is 5. The van der Waals surface area contributed by atoms with Gasteiger partial charge in [-0.2, -0.15) is 0 Å². The van der Waals surface area contributed by atoms with Gasteiger partial charge in [0, 0.05) is 33.9 Å². The quantitative estimate of drug-likeness (QED) is 0.518. The third kappa shape index (κ3) is 3.92. The van der Waals surface area contributed by atoms with Crippen molar-refractivity contribution in [3.8, 4) is 5.75 Å². The Morgan fingerprint density at radius 3 is 2.71 bits per heavy atom. The first-order valence-electron chi connectivity index (χ1n) is 8.47. The van der Waals surface area contributed by atoms with E-state index in [2.05, 4.69) is 10.3 Å². The average molecular weight is 395 g/mol. The number of anilines is 1. The molecule has 0 fully saturated rings. The summed E-state index contributed by atoms with van der Waals surface area (Å²) >= 11 is 5.84. The van der Waals surface area contributed by atoms with E-state index < -0.39 is 11.3 Å². The van der Waals surface area contributed by atoms with Crippen molar-refractivity contribution in [2.24, 2.45) is 0 Å². The Morgan fingerprint density at radius 2 is 1.93 bits per heavy atom. The molecule has 1 amide bonds. The molecule has 0 unspecified atom stereocenters. The van der Waals surface area contributed by atoms with Crippen LogP contribution in [0.15, 0.2) is 76.3 Å². The fraction of sp³-hybridized carbons (Fsp3) is 0.0476. The van der Waals surface area contributed by atoms with E-state index in [4.69, 9.17) is 20.8 Å². The fourth-order valence-electron chi connectivity index (χ4n) is 2.69. The molecule has 28 heavy (non-hydrogen) atoms. The van der Waals surface area contributed by atoms with Crippen LogP contribution in [0.25, 0.3) is 10.9 Å². The summed E-state index contributed by atoms with van der Waals surface area (Å²) in [6.07, 6.45) is 2.96. The number of aromatic nitrogens is 1. The number of ether oxygens (including phenoxy) is 1. The highest BCUT2D eigenvalue weighted by atomic mass is 35.5. The monoisotopic (exact) mass is 394 g/mol. The number of amides is 1. The minimum atomic E-state index is -0.517. The van der Waals surface area contributed by atoms with Crippen molar-refractivity contribution in [1.29, 1.82) is 0 Å². The Kier molecular flexibility index (Phi) is 4.87. The Labute approximate surface area is 164 Å². The van der Waals surface area contributed by atoms with E-state index in [0.717, 1.165) is 28.8 Å². The summed E-state index contributed by atoms with van der Waals surface area (Å²) in [6.45, 7) is 0.185. The van der Waals surface area contributed by atoms with Crippen molar-refractivity contribution in [2.75, 3.05) is 5.32 Å². The Balaban J connectivity index is 1.44. The van der Waals surface area contributed by atoms with E-state index >= 15 is 0 Å². The molecule has 0 aliphatic heterocycles. The maximum Gasteiger partial charge on any atom is 0.291 e. The second-order valence-electron chi connectivity index (χ2n) is 6.12. The van der Waals surface area contributed by atoms with Crippen molar-refractivity contribution < 1.29 is 13.9 Å². The zero-order valence-electron chi connectivity index (χ0n) is 14.6. The highest BCUT2D eigenvalue weighted by molar-refractivity contribution is 6.30. The lowest BCUT2D eigenvalue weighted by molar-refractivity contribution is 0.0993. The minimum absolute atomic E-state index is 0.0280. The molecule has 0 saturated carbocycles. The first-order valence-corrected chi connectivity index (χ1v) is 8.85. The van der Waals surface area contributed by atoms with Crippen LogP contribution in [0.5, 0.6) is 5.75 Å². The maximum absolute atomic E-state index is 12.4. The van der Waals surface area contributed by atoms with Gasteiger partial charge in [-0.3, -0.25) is 9.59 Å². The molecule has 0 aliphatic rings. The van der Waals surface area contributed by atoms with Gasteiger partial charge < -0.3 is 19.5 Å². The van der Waals surface area contributed by atoms with Crippen molar-refractivity contribution >= 4 is 34.1 Å². The van der Waals surface area contributed by atoms with Crippen LogP contribution < -0.4 is 15.5 Å². The lowest BCUT2D eigenvalue weighted by Crippen LogP contribution is -2.15. The first kappa shape index (κ1) is 17.9. The van der Waals surface area contributed by atoms with Gasteiger partial charge in [0.2, 0.25) is 11.2 Å². The number of hydrogen-bond donors (Lipinski definition) is 2. The third-order valence-electron chi connectivity index (χ3n) is 4.14. The van der Waals surface area contributed by atoms with Gasteiger partial charge in [0.25, 0.3) is 5.91 Å². The molecule has 7 heteroatoms. The van der Waals surface area contributed by atoms with Gasteiger partial charge in [-0.05, 0) is 42.0 Å². The highest BCUT2D eigenvalue weighted by Crippen LogP contribution is 2.19. The van der Waals surface area contributed by atoms with Gasteiger partial charge in [0.1, 0.15) is 12.9 Å². The molecular formula is C21H15ClN2O4. The lowest BCUT2D eigenvalue weighted by atomic mass is 10.2. The zero-order chi connectivity index (χ0) is 19.5. The first-order chi connectivity index (χ1) is 13.6. The molecule has 2 aromatic carbocycles. The summed E-state index contributed by atoms with van der Waals surface area (Å²) in [5.41, 5.74) is 1.98. The van der Waals surface area contributed by atoms with E-state index in [9.17, 15) is 9.59 Å². The van der Waals surface area contributed by atoms with E-state index in [1.165, 1.54) is 0 Å². The topological polar surface area (TPSA) is 84.3 Å². The number of halogens is 1. The Morgan fingerprint density at radius 1 is 1.11 bits per heavy atom. The molecule has 0 radical (unpaired) electrons. The summed E-state index contributed by atoms with van der Waals surface area (Å²) < 4.78 is 10.8. The number of aromatic amines is 1. The Bertz CT molecular complexity index is 1190. The summed E-state index contributed by atoms with van der Waals surface area (Å²) in [4.78, 5) is 27.7. The number of hydrogen-bond acceptors (Lipinski definition) is 4. The second kappa shape index (κ2) is 7.62. The van der Waals surface area contributed by atoms with Gasteiger partial charge in [-0.15, -0.1) is 0 Å². The van der Waals surface area contributed by atoms with Gasteiger partial charge in [0.15, 0.2) is 5.76 Å². The van der Waals surface area contributed by atoms with Crippen LogP contribution in [0.3, 0.4) is 0 Å². The number of H-pyrrole nitrogens is 1. The van der Waals surface area contributed by atoms with Crippen LogP contribution in [-0.2, 0) is 6.61 Å². The molecule has 2 N–H and O–H groups in total. The van der Waals surface area contributed by atoms with E-state index in [-0.39, 0.29) is 18.1 Å². The van der Waals surface area contributed by atoms with Gasteiger partial charge in [0.05, 0.1) is 0 Å². The van der Waals surface area contributed by atoms with Crippen LogP contribution in [0.2, 0.25) is 5.02 Å². The predicted molar refractivity (Wildman–Crippen MR) is 107 cm³/mol. The van der Waals surface area contributed by atoms with Crippen LogP contribution in [-0.4, -0.2) is 10.9 Å². The largest absolute Gasteiger partial charge is 0.482 e. The lowest BCUT2D eigenvalue weighted by Gasteiger charge is -2.07. The average Bonchev–Trinajstić information content (AvgIpc) is 3.16. The molecule has 0 bridgehead atoms. The number of fused-ring (bicyclic) bond motifs is 1. The third-order valence-corrected chi connectivity index (χ3v) is 4.39. The molecule has 2 heterocycles. The van der Waals surface area contributed by atoms with E-state index in [0.29, 0.717) is 10.7 Å². The number of benzene rings is 2. The van der Waals surface area contributed by atoms with Crippen molar-refractivity contribution in [1.82, 2.24) is 4.98 Å². The number of carbonyl (C=O) groups is 1. The molecule has 2 aromatic heterocycles. The summed E-state index contributed by atoms with van der Waals surface area (Å²) in [6, 6.07) is 15.5. The van der Waals surface area contributed by atoms with Crippen LogP contribution in [0, 0.1) is 0 Å². The maximum atomic E-state index is 12.4. The van der Waals surface area contributed by atoms with Crippen LogP contribution in [0.4, 0.5) is 5.69 Å². The number of nitrogens with one attached hydrogen (secondary N) is 2. The van der Waals surface area contributed by atoms with Crippen molar-refractivity contribution in [3.05, 3.63) is 93.6 Å². The molecular weight excluding hydrogens is 380 g/mol. The molecule has 140 valence electrons. The summed E-state index contributed by atoms with van der Waals surface area (Å²) in [5.74, 6) is -0.588. The van der Waals surface area contributed by atoms with E-state index in [1.807, 2.05) is 24.4 Å². The molecule has 0 aliphatic carbocycles. The van der Waals surface area contributed by atoms with Crippen LogP contribution in [0.1, 0.15) is 16.1 Å². The standard InChI is InChI=1S/C21H15ClN2O4/c22-15-3-1-13(2-4-15)11-27-20-12-28-19(10-18(20)25)21(26)24-16-5-6-17-14(9-16)7-8-23-17/h1-10,12,23H,11H2,(H,24,26). The van der Waals surface area contributed by atoms with Crippen LogP contribution >= 0.6 is 11.6 Å². The predicted octanol–water partition coefficient (Wildman–Crippen LogP) is 4.61. The Hall–Kier alpha value is -3.51. The van der Waals surface area contributed by atoms with Crippen molar-refractivity contribution in [3.63, 3.8) is 0 Å². The summed E-state index contributed by atoms with van der Waals surface area (Å²) in [7, 11) is 0. The molecule has 0 atom stereocenters. The molecule has 0 saturated heterocycles. The second-order valence-corrected chi connectivity index (χ2v) is 6.56. The van der Waals surface area contributed by atoms with Gasteiger partial charge in [-0.1, -0.05) is 23.7 Å². The summed E-state index contributed by atoms with van der Waals surface area (Å²) in [5, 5.41) is 4.29. The molecule has 4 rings (SSSR count). The number of carbonyl (C=O) groups excluding carboxylic acids is 1. The normalized spacial score (nSPS) is 10.8. The smallest absolute Gasteiger partial charge is 0.291 e. The van der Waals surface area contributed by atoms with Gasteiger partial charge >= 0.3 is 0 Å². The molecule has 4 aromatic rings. The van der Waals surface area contributed by atoms with E-state index in [1.54, 1.807) is 30.3 Å². The fourth-order valence-corrected chi connectivity index (χ4v) is 2.81. The molecule has 0 spiro atoms. The molecule has 6 nitrogen and oxygen atoms in total.